The van der Waals surface area contributed by atoms with Gasteiger partial charge in [0.1, 0.15) is 46.0 Å². The fourth-order valence-electron chi connectivity index (χ4n) is 14.1. The van der Waals surface area contributed by atoms with Crippen molar-refractivity contribution in [1.29, 1.82) is 0 Å². The van der Waals surface area contributed by atoms with Crippen LogP contribution in [-0.4, -0.2) is 51.2 Å². The molecule has 14 rings (SSSR count). The van der Waals surface area contributed by atoms with Gasteiger partial charge in [-0.1, -0.05) is 146 Å². The Kier molecular flexibility index (Phi) is 17.6. The van der Waals surface area contributed by atoms with E-state index in [1.54, 1.807) is 103 Å². The first kappa shape index (κ1) is 66.7. The minimum Gasteiger partial charge on any atom is -0.457 e. The van der Waals surface area contributed by atoms with Crippen molar-refractivity contribution in [3.05, 3.63) is 333 Å². The molecule has 15 nitrogen and oxygen atoms in total. The summed E-state index contributed by atoms with van der Waals surface area (Å²) in [4.78, 5) is 98.9. The summed E-state index contributed by atoms with van der Waals surface area (Å²) < 4.78 is 25.0. The summed E-state index contributed by atoms with van der Waals surface area (Å²) in [6, 6.07) is 78.3. The fourth-order valence-corrected chi connectivity index (χ4v) is 14.1. The molecule has 506 valence electrons. The van der Waals surface area contributed by atoms with Crippen molar-refractivity contribution < 1.29 is 52.5 Å². The van der Waals surface area contributed by atoms with Crippen LogP contribution in [0.2, 0.25) is 0 Å². The summed E-state index contributed by atoms with van der Waals surface area (Å²) >= 11 is 0. The average molecular weight is 1350 g/mol. The first-order valence-corrected chi connectivity index (χ1v) is 34.1. The van der Waals surface area contributed by atoms with Crippen molar-refractivity contribution >= 4 is 52.7 Å². The highest BCUT2D eigenvalue weighted by Crippen LogP contribution is 2.44. The highest BCUT2D eigenvalue weighted by Gasteiger charge is 2.48. The van der Waals surface area contributed by atoms with Gasteiger partial charge in [0, 0.05) is 22.1 Å². The Morgan fingerprint density at radius 2 is 0.686 bits per heavy atom. The number of anilines is 2. The van der Waals surface area contributed by atoms with Crippen LogP contribution >= 0.6 is 0 Å². The van der Waals surface area contributed by atoms with Crippen molar-refractivity contribution in [3.63, 3.8) is 0 Å². The van der Waals surface area contributed by atoms with Gasteiger partial charge in [-0.05, 0) is 216 Å². The molecular weight excluding hydrogens is 1280 g/mol. The van der Waals surface area contributed by atoms with Crippen molar-refractivity contribution in [1.82, 2.24) is 9.80 Å². The molecule has 1 atom stereocenters. The zero-order valence-corrected chi connectivity index (χ0v) is 57.4. The molecule has 102 heavy (non-hydrogen) atoms. The Morgan fingerprint density at radius 1 is 0.363 bits per heavy atom. The third kappa shape index (κ3) is 12.3. The minimum atomic E-state index is -0.806. The number of rotatable bonds is 22. The second kappa shape index (κ2) is 27.0. The van der Waals surface area contributed by atoms with E-state index in [-0.39, 0.29) is 51.1 Å². The second-order valence-corrected chi connectivity index (χ2v) is 26.7. The van der Waals surface area contributed by atoms with Crippen molar-refractivity contribution in [3.8, 4) is 46.0 Å². The molecule has 0 aliphatic carbocycles. The van der Waals surface area contributed by atoms with Gasteiger partial charge in [-0.2, -0.15) is 0 Å². The topological polar surface area (TPSA) is 178 Å². The first-order chi connectivity index (χ1) is 49.3. The second-order valence-electron chi connectivity index (χ2n) is 26.7. The smallest absolute Gasteiger partial charge is 0.266 e. The van der Waals surface area contributed by atoms with Crippen LogP contribution in [0.4, 0.5) is 11.4 Å². The summed E-state index contributed by atoms with van der Waals surface area (Å²) in [5.74, 6) is 2.29. The molecule has 7 amide bonds. The molecule has 11 aromatic carbocycles. The molecule has 15 heteroatoms. The summed E-state index contributed by atoms with van der Waals surface area (Å²) in [7, 11) is 0. The third-order valence-corrected chi connectivity index (χ3v) is 20.2. The van der Waals surface area contributed by atoms with Gasteiger partial charge < -0.3 is 24.3 Å². The Balaban J connectivity index is 0.545. The summed E-state index contributed by atoms with van der Waals surface area (Å²) in [6.45, 7) is 14.5. The van der Waals surface area contributed by atoms with Crippen molar-refractivity contribution in [2.75, 3.05) is 10.2 Å². The normalized spacial score (nSPS) is 13.8. The first-order valence-electron chi connectivity index (χ1n) is 34.1. The molecule has 0 fully saturated rings. The maximum Gasteiger partial charge on any atom is 0.266 e. The Labute approximate surface area is 591 Å². The fraction of sp³-hybridized carbons (Fsp3) is 0.161. The number of ether oxygens (including phenoxy) is 4. The maximum atomic E-state index is 14.2. The Hall–Kier alpha value is -12.5. The van der Waals surface area contributed by atoms with E-state index in [1.165, 1.54) is 26.8 Å². The standard InChI is InChI=1S/C87H72N4O11/c1-8-77(54-19-36-63(37-20-54)99-64-38-22-56(23-39-64)85(4,5)59-28-44-67(45-29-59)102-70-50-34-62(35-51-70)89-79(93)71-15-11-12-16-72(71)80(89)94)90-81(95)75-52-21-55(53-76(75)82(90)96)78(92)88-61-32-48-69(49-33-61)101-66-42-26-58(27-43-66)86(6,7)57-24-40-65(41-25-57)100-68-46-30-60(31-47-68)87(9-2,10-3)91-83(97)73-17-13-14-18-74(73)84(91)98/h11-53,77H,8-10H2,1-7H3,(H,88,92). The molecule has 0 radical (unpaired) electrons. The van der Waals surface area contributed by atoms with Gasteiger partial charge in [-0.15, -0.1) is 0 Å². The molecule has 0 spiro atoms. The highest BCUT2D eigenvalue weighted by molar-refractivity contribution is 6.34. The number of nitrogens with one attached hydrogen (secondary N) is 1. The van der Waals surface area contributed by atoms with Crippen molar-refractivity contribution in [2.24, 2.45) is 0 Å². The van der Waals surface area contributed by atoms with Crippen LogP contribution in [0.1, 0.15) is 180 Å². The Bertz CT molecular complexity index is 5010. The van der Waals surface area contributed by atoms with E-state index < -0.39 is 29.3 Å². The number of hydrogen-bond acceptors (Lipinski definition) is 11. The SMILES string of the molecule is CCC(c1ccc(Oc2ccc(C(C)(C)c3ccc(Oc4ccc(N5C(=O)c6ccccc6C5=O)cc4)cc3)cc2)cc1)N1C(=O)c2ccc(C(=O)Nc3ccc(Oc4ccc(C(C)(C)c5ccc(Oc6ccc(C(CC)(CC)N7C(=O)c8ccccc8C7=O)cc6)cc5)cc4)cc3)cc2C1=O. The largest absolute Gasteiger partial charge is 0.457 e. The van der Waals surface area contributed by atoms with Gasteiger partial charge in [-0.3, -0.25) is 43.4 Å². The number of hydrogen-bond donors (Lipinski definition) is 1. The summed E-state index contributed by atoms with van der Waals surface area (Å²) in [6.07, 6.45) is 1.58. The molecule has 3 heterocycles. The lowest BCUT2D eigenvalue weighted by atomic mass is 9.78. The quantitative estimate of drug-likeness (QED) is 0.0639. The zero-order chi connectivity index (χ0) is 71.2. The molecule has 0 saturated carbocycles. The third-order valence-electron chi connectivity index (χ3n) is 20.2. The molecule has 0 bridgehead atoms. The van der Waals surface area contributed by atoms with Crippen molar-refractivity contribution in [2.45, 2.75) is 90.1 Å². The minimum absolute atomic E-state index is 0.159. The number of nitrogens with zero attached hydrogens (tertiary/aromatic N) is 3. The zero-order valence-electron chi connectivity index (χ0n) is 57.4. The number of carbonyl (C=O) groups excluding carboxylic acids is 7. The van der Waals surface area contributed by atoms with E-state index in [1.807, 2.05) is 154 Å². The number of benzene rings is 11. The molecule has 3 aliphatic heterocycles. The number of imide groups is 3. The van der Waals surface area contributed by atoms with Crippen LogP contribution in [0.5, 0.6) is 46.0 Å². The van der Waals surface area contributed by atoms with Crippen LogP contribution in [-0.2, 0) is 16.4 Å². The highest BCUT2D eigenvalue weighted by atomic mass is 16.5. The van der Waals surface area contributed by atoms with Crippen LogP contribution < -0.4 is 29.2 Å². The molecule has 0 aromatic heterocycles. The van der Waals surface area contributed by atoms with Crippen LogP contribution in [0.3, 0.4) is 0 Å². The van der Waals surface area contributed by atoms with Gasteiger partial charge in [0.05, 0.1) is 50.6 Å². The number of carbonyl (C=O) groups is 7. The van der Waals surface area contributed by atoms with Crippen LogP contribution in [0.25, 0.3) is 0 Å². The van der Waals surface area contributed by atoms with Crippen LogP contribution in [0.15, 0.2) is 261 Å². The van der Waals surface area contributed by atoms with E-state index in [9.17, 15) is 33.6 Å². The van der Waals surface area contributed by atoms with E-state index in [2.05, 4.69) is 45.1 Å². The lowest BCUT2D eigenvalue weighted by Crippen LogP contribution is -2.48. The lowest BCUT2D eigenvalue weighted by Gasteiger charge is -2.40. The maximum absolute atomic E-state index is 14.2. The van der Waals surface area contributed by atoms with Gasteiger partial charge in [0.25, 0.3) is 41.4 Å². The number of fused-ring (bicyclic) bond motifs is 3. The van der Waals surface area contributed by atoms with Gasteiger partial charge >= 0.3 is 0 Å². The van der Waals surface area contributed by atoms with Crippen LogP contribution in [0, 0.1) is 0 Å². The molecule has 1 unspecified atom stereocenters. The predicted octanol–water partition coefficient (Wildman–Crippen LogP) is 19.6. The summed E-state index contributed by atoms with van der Waals surface area (Å²) in [5, 5.41) is 2.91. The van der Waals surface area contributed by atoms with E-state index in [0.717, 1.165) is 33.4 Å². The van der Waals surface area contributed by atoms with E-state index in [0.29, 0.717) is 98.9 Å². The van der Waals surface area contributed by atoms with Gasteiger partial charge in [-0.25, -0.2) is 4.90 Å². The Morgan fingerprint density at radius 3 is 1.06 bits per heavy atom. The van der Waals surface area contributed by atoms with Gasteiger partial charge in [0.15, 0.2) is 0 Å². The molecular formula is C87H72N4O11. The summed E-state index contributed by atoms with van der Waals surface area (Å²) in [5.41, 5.74) is 7.59. The van der Waals surface area contributed by atoms with Gasteiger partial charge in [0.2, 0.25) is 0 Å². The molecule has 1 N–H and O–H groups in total. The average Bonchev–Trinajstić information content (AvgIpc) is 1.58. The van der Waals surface area contributed by atoms with E-state index >= 15 is 0 Å². The monoisotopic (exact) mass is 1350 g/mol. The number of amides is 7. The molecule has 3 aliphatic rings. The van der Waals surface area contributed by atoms with E-state index in [4.69, 9.17) is 18.9 Å². The molecule has 11 aromatic rings. The molecule has 0 saturated heterocycles. The lowest BCUT2D eigenvalue weighted by molar-refractivity contribution is 0.0385. The predicted molar refractivity (Wildman–Crippen MR) is 391 cm³/mol.